The van der Waals surface area contributed by atoms with Gasteiger partial charge in [0.1, 0.15) is 6.54 Å². The monoisotopic (exact) mass is 216 g/mol. The van der Waals surface area contributed by atoms with E-state index in [1.807, 2.05) is 4.72 Å². The van der Waals surface area contributed by atoms with Crippen LogP contribution in [0.1, 0.15) is 0 Å². The zero-order chi connectivity index (χ0) is 9.61. The molecule has 0 bridgehead atoms. The molecule has 0 radical (unpaired) electrons. The van der Waals surface area contributed by atoms with E-state index in [4.69, 9.17) is 16.7 Å². The SMILES string of the molecule is O=C(O)CNS(=O)(=O)NCCCl. The van der Waals surface area contributed by atoms with Gasteiger partial charge in [0.15, 0.2) is 0 Å². The van der Waals surface area contributed by atoms with Gasteiger partial charge in [-0.25, -0.2) is 4.72 Å². The highest BCUT2D eigenvalue weighted by Gasteiger charge is 2.09. The molecule has 0 rings (SSSR count). The molecule has 6 nitrogen and oxygen atoms in total. The quantitative estimate of drug-likeness (QED) is 0.483. The van der Waals surface area contributed by atoms with E-state index in [9.17, 15) is 13.2 Å². The summed E-state index contributed by atoms with van der Waals surface area (Å²) in [4.78, 5) is 9.94. The summed E-state index contributed by atoms with van der Waals surface area (Å²) < 4.78 is 25.3. The number of carboxylic acid groups (broad SMARTS) is 1. The van der Waals surface area contributed by atoms with Crippen LogP contribution in [0.3, 0.4) is 0 Å². The van der Waals surface area contributed by atoms with Crippen LogP contribution in [0.2, 0.25) is 0 Å². The van der Waals surface area contributed by atoms with Crippen LogP contribution in [0.15, 0.2) is 0 Å². The van der Waals surface area contributed by atoms with E-state index in [1.54, 1.807) is 4.72 Å². The molecule has 0 aromatic rings. The normalized spacial score (nSPS) is 11.4. The molecule has 0 aromatic carbocycles. The first kappa shape index (κ1) is 11.6. The van der Waals surface area contributed by atoms with Gasteiger partial charge in [0, 0.05) is 12.4 Å². The largest absolute Gasteiger partial charge is 0.480 e. The topological polar surface area (TPSA) is 95.5 Å². The second-order valence-electron chi connectivity index (χ2n) is 1.80. The maximum atomic E-state index is 10.7. The number of alkyl halides is 1. The van der Waals surface area contributed by atoms with Crippen LogP contribution in [0, 0.1) is 0 Å². The number of hydrogen-bond acceptors (Lipinski definition) is 3. The fraction of sp³-hybridized carbons (Fsp3) is 0.750. The molecule has 0 aromatic heterocycles. The van der Waals surface area contributed by atoms with Gasteiger partial charge in [0.05, 0.1) is 0 Å². The predicted octanol–water partition coefficient (Wildman–Crippen LogP) is -1.27. The highest BCUT2D eigenvalue weighted by Crippen LogP contribution is 1.77. The molecule has 0 saturated carbocycles. The summed E-state index contributed by atoms with van der Waals surface area (Å²) in [6.07, 6.45) is 0. The predicted molar refractivity (Wildman–Crippen MR) is 43.3 cm³/mol. The van der Waals surface area contributed by atoms with Crippen molar-refractivity contribution in [2.24, 2.45) is 0 Å². The lowest BCUT2D eigenvalue weighted by Gasteiger charge is -2.03. The van der Waals surface area contributed by atoms with Gasteiger partial charge in [0.2, 0.25) is 0 Å². The van der Waals surface area contributed by atoms with Crippen molar-refractivity contribution in [3.05, 3.63) is 0 Å². The van der Waals surface area contributed by atoms with E-state index in [0.717, 1.165) is 0 Å². The van der Waals surface area contributed by atoms with Crippen molar-refractivity contribution in [1.82, 2.24) is 9.44 Å². The van der Waals surface area contributed by atoms with Crippen LogP contribution >= 0.6 is 11.6 Å². The first-order valence-electron chi connectivity index (χ1n) is 3.00. The Balaban J connectivity index is 3.80. The first-order valence-corrected chi connectivity index (χ1v) is 5.01. The Labute approximate surface area is 75.1 Å². The number of carbonyl (C=O) groups is 1. The van der Waals surface area contributed by atoms with Crippen molar-refractivity contribution in [3.63, 3.8) is 0 Å². The van der Waals surface area contributed by atoms with E-state index >= 15 is 0 Å². The van der Waals surface area contributed by atoms with Crippen LogP contribution in [0.4, 0.5) is 0 Å². The van der Waals surface area contributed by atoms with Crippen molar-refractivity contribution < 1.29 is 18.3 Å². The summed E-state index contributed by atoms with van der Waals surface area (Å²) >= 11 is 5.20. The van der Waals surface area contributed by atoms with Crippen LogP contribution in [0.25, 0.3) is 0 Å². The molecule has 72 valence electrons. The number of halogens is 1. The molecule has 0 aliphatic heterocycles. The molecular weight excluding hydrogens is 208 g/mol. The molecule has 0 aliphatic carbocycles. The van der Waals surface area contributed by atoms with Crippen molar-refractivity contribution in [2.75, 3.05) is 19.0 Å². The van der Waals surface area contributed by atoms with Gasteiger partial charge in [-0.2, -0.15) is 13.1 Å². The van der Waals surface area contributed by atoms with Gasteiger partial charge in [-0.15, -0.1) is 11.6 Å². The lowest BCUT2D eigenvalue weighted by atomic mass is 10.7. The van der Waals surface area contributed by atoms with Crippen molar-refractivity contribution in [2.45, 2.75) is 0 Å². The average molecular weight is 217 g/mol. The molecule has 0 heterocycles. The van der Waals surface area contributed by atoms with Crippen molar-refractivity contribution in [3.8, 4) is 0 Å². The second-order valence-corrected chi connectivity index (χ2v) is 3.76. The number of aliphatic carboxylic acids is 1. The van der Waals surface area contributed by atoms with E-state index < -0.39 is 22.7 Å². The second kappa shape index (κ2) is 5.31. The Hall–Kier alpha value is -0.370. The fourth-order valence-electron chi connectivity index (χ4n) is 0.381. The van der Waals surface area contributed by atoms with E-state index in [-0.39, 0.29) is 12.4 Å². The molecule has 8 heteroatoms. The van der Waals surface area contributed by atoms with Crippen LogP contribution in [-0.4, -0.2) is 38.5 Å². The number of carboxylic acids is 1. The minimum absolute atomic E-state index is 0.0660. The summed E-state index contributed by atoms with van der Waals surface area (Å²) in [5, 5.41) is 8.12. The summed E-state index contributed by atoms with van der Waals surface area (Å²) in [5.74, 6) is -1.11. The maximum absolute atomic E-state index is 10.7. The van der Waals surface area contributed by atoms with Crippen molar-refractivity contribution in [1.29, 1.82) is 0 Å². The Morgan fingerprint density at radius 3 is 2.42 bits per heavy atom. The first-order chi connectivity index (χ1) is 5.48. The lowest BCUT2D eigenvalue weighted by molar-refractivity contribution is -0.135. The summed E-state index contributed by atoms with van der Waals surface area (Å²) in [5.41, 5.74) is 0. The maximum Gasteiger partial charge on any atom is 0.318 e. The van der Waals surface area contributed by atoms with Crippen molar-refractivity contribution >= 4 is 27.8 Å². The third-order valence-corrected chi connectivity index (χ3v) is 2.10. The summed E-state index contributed by atoms with van der Waals surface area (Å²) in [7, 11) is -3.70. The number of hydrogen-bond donors (Lipinski definition) is 3. The Morgan fingerprint density at radius 1 is 1.42 bits per heavy atom. The molecule has 0 atom stereocenters. The highest BCUT2D eigenvalue weighted by atomic mass is 35.5. The zero-order valence-corrected chi connectivity index (χ0v) is 7.65. The Morgan fingerprint density at radius 2 is 2.00 bits per heavy atom. The third-order valence-electron chi connectivity index (χ3n) is 0.800. The van der Waals surface area contributed by atoms with Gasteiger partial charge >= 0.3 is 5.97 Å². The van der Waals surface area contributed by atoms with Crippen LogP contribution < -0.4 is 9.44 Å². The van der Waals surface area contributed by atoms with Gasteiger partial charge < -0.3 is 5.11 Å². The van der Waals surface area contributed by atoms with Gasteiger partial charge in [-0.1, -0.05) is 0 Å². The summed E-state index contributed by atoms with van der Waals surface area (Å²) in [6.45, 7) is -0.575. The minimum atomic E-state index is -3.70. The lowest BCUT2D eigenvalue weighted by Crippen LogP contribution is -2.39. The van der Waals surface area contributed by atoms with Gasteiger partial charge in [-0.3, -0.25) is 4.79 Å². The molecule has 0 saturated heterocycles. The summed E-state index contributed by atoms with van der Waals surface area (Å²) in [6, 6.07) is 0. The molecule has 0 spiro atoms. The molecule has 0 aliphatic rings. The van der Waals surface area contributed by atoms with E-state index in [1.165, 1.54) is 0 Å². The van der Waals surface area contributed by atoms with Crippen LogP contribution in [0.5, 0.6) is 0 Å². The van der Waals surface area contributed by atoms with E-state index in [0.29, 0.717) is 0 Å². The standard InChI is InChI=1S/C4H9ClN2O4S/c5-1-2-6-12(10,11)7-3-4(8)9/h6-7H,1-3H2,(H,8,9). The van der Waals surface area contributed by atoms with Gasteiger partial charge in [-0.05, 0) is 0 Å². The molecule has 12 heavy (non-hydrogen) atoms. The third kappa shape index (κ3) is 6.35. The minimum Gasteiger partial charge on any atom is -0.480 e. The Kier molecular flexibility index (Phi) is 5.14. The average Bonchev–Trinajstić information content (AvgIpc) is 1.98. The molecule has 3 N–H and O–H groups in total. The van der Waals surface area contributed by atoms with E-state index in [2.05, 4.69) is 0 Å². The fourth-order valence-corrected chi connectivity index (χ4v) is 1.37. The molecule has 0 unspecified atom stereocenters. The van der Waals surface area contributed by atoms with Crippen LogP contribution in [-0.2, 0) is 15.0 Å². The van der Waals surface area contributed by atoms with Gasteiger partial charge in [0.25, 0.3) is 10.2 Å². The highest BCUT2D eigenvalue weighted by molar-refractivity contribution is 7.87. The smallest absolute Gasteiger partial charge is 0.318 e. The zero-order valence-electron chi connectivity index (χ0n) is 6.08. The molecule has 0 fully saturated rings. The number of rotatable bonds is 6. The number of nitrogens with one attached hydrogen (secondary N) is 2. The Bertz CT molecular complexity index is 239. The molecule has 0 amide bonds. The molecular formula is C4H9ClN2O4S.